The van der Waals surface area contributed by atoms with Crippen LogP contribution in [0.25, 0.3) is 0 Å². The largest absolute Gasteiger partial charge is 0.300 e. The lowest BCUT2D eigenvalue weighted by molar-refractivity contribution is -0.122. The van der Waals surface area contributed by atoms with Gasteiger partial charge in [-0.2, -0.15) is 0 Å². The molecular weight excluding hydrogens is 198 g/mol. The third kappa shape index (κ3) is 3.58. The SMILES string of the molecule is O=C1CCN(C2CCCCCCCC2)CC1. The van der Waals surface area contributed by atoms with Gasteiger partial charge in [0.25, 0.3) is 0 Å². The van der Waals surface area contributed by atoms with E-state index < -0.39 is 0 Å². The zero-order valence-corrected chi connectivity index (χ0v) is 10.4. The maximum absolute atomic E-state index is 11.2. The van der Waals surface area contributed by atoms with E-state index in [1.165, 1.54) is 51.4 Å². The number of nitrogens with zero attached hydrogens (tertiary/aromatic N) is 1. The summed E-state index contributed by atoms with van der Waals surface area (Å²) in [5.41, 5.74) is 0. The molecular formula is C14H25NO. The van der Waals surface area contributed by atoms with Crippen molar-refractivity contribution in [3.8, 4) is 0 Å². The minimum absolute atomic E-state index is 0.472. The van der Waals surface area contributed by atoms with Crippen LogP contribution in [0.1, 0.15) is 64.2 Å². The number of rotatable bonds is 1. The summed E-state index contributed by atoms with van der Waals surface area (Å²) >= 11 is 0. The van der Waals surface area contributed by atoms with Crippen molar-refractivity contribution in [1.82, 2.24) is 4.90 Å². The molecule has 2 heteroatoms. The third-order valence-electron chi connectivity index (χ3n) is 4.20. The van der Waals surface area contributed by atoms with Crippen molar-refractivity contribution >= 4 is 5.78 Å². The smallest absolute Gasteiger partial charge is 0.135 e. The number of carbonyl (C=O) groups excluding carboxylic acids is 1. The zero-order valence-electron chi connectivity index (χ0n) is 10.4. The van der Waals surface area contributed by atoms with Gasteiger partial charge < -0.3 is 0 Å². The highest BCUT2D eigenvalue weighted by atomic mass is 16.1. The highest BCUT2D eigenvalue weighted by Gasteiger charge is 2.23. The molecule has 0 atom stereocenters. The Balaban J connectivity index is 1.82. The topological polar surface area (TPSA) is 20.3 Å². The van der Waals surface area contributed by atoms with Gasteiger partial charge in [0.2, 0.25) is 0 Å². The fraction of sp³-hybridized carbons (Fsp3) is 0.929. The molecule has 92 valence electrons. The van der Waals surface area contributed by atoms with E-state index in [1.807, 2.05) is 0 Å². The highest BCUT2D eigenvalue weighted by Crippen LogP contribution is 2.22. The summed E-state index contributed by atoms with van der Waals surface area (Å²) in [5, 5.41) is 0. The molecule has 2 nitrogen and oxygen atoms in total. The van der Waals surface area contributed by atoms with Gasteiger partial charge in [-0.3, -0.25) is 9.69 Å². The number of Topliss-reactive ketones (excluding diaryl/α,β-unsaturated/α-hetero) is 1. The normalized spacial score (nSPS) is 27.1. The number of ketones is 1. The van der Waals surface area contributed by atoms with Gasteiger partial charge in [0.05, 0.1) is 0 Å². The molecule has 1 aliphatic carbocycles. The van der Waals surface area contributed by atoms with Crippen LogP contribution in [-0.2, 0) is 4.79 Å². The number of carbonyl (C=O) groups is 1. The molecule has 0 aromatic heterocycles. The van der Waals surface area contributed by atoms with E-state index in [-0.39, 0.29) is 0 Å². The second-order valence-electron chi connectivity index (χ2n) is 5.43. The van der Waals surface area contributed by atoms with E-state index in [0.29, 0.717) is 5.78 Å². The van der Waals surface area contributed by atoms with E-state index in [9.17, 15) is 4.79 Å². The predicted octanol–water partition coefficient (Wildman–Crippen LogP) is 3.15. The Labute approximate surface area is 99.4 Å². The molecule has 2 rings (SSSR count). The zero-order chi connectivity index (χ0) is 11.2. The number of likely N-dealkylation sites (tertiary alicyclic amines) is 1. The summed E-state index contributed by atoms with van der Waals surface area (Å²) in [5.74, 6) is 0.472. The predicted molar refractivity (Wildman–Crippen MR) is 66.5 cm³/mol. The fourth-order valence-electron chi connectivity index (χ4n) is 3.12. The molecule has 1 heterocycles. The van der Waals surface area contributed by atoms with Gasteiger partial charge in [-0.15, -0.1) is 0 Å². The minimum atomic E-state index is 0.472. The summed E-state index contributed by atoms with van der Waals surface area (Å²) in [4.78, 5) is 13.8. The van der Waals surface area contributed by atoms with Crippen LogP contribution < -0.4 is 0 Å². The Hall–Kier alpha value is -0.370. The van der Waals surface area contributed by atoms with Gasteiger partial charge >= 0.3 is 0 Å². The average Bonchev–Trinajstić information content (AvgIpc) is 2.43. The van der Waals surface area contributed by atoms with Gasteiger partial charge in [0.1, 0.15) is 5.78 Å². The molecule has 0 N–H and O–H groups in total. The fourth-order valence-corrected chi connectivity index (χ4v) is 3.12. The molecule has 0 amide bonds. The molecule has 2 aliphatic rings. The minimum Gasteiger partial charge on any atom is -0.300 e. The maximum Gasteiger partial charge on any atom is 0.135 e. The third-order valence-corrected chi connectivity index (χ3v) is 4.20. The Bertz CT molecular complexity index is 207. The lowest BCUT2D eigenvalue weighted by atomic mass is 9.99. The molecule has 16 heavy (non-hydrogen) atoms. The second-order valence-corrected chi connectivity index (χ2v) is 5.43. The Kier molecular flexibility index (Phi) is 4.83. The molecule has 1 saturated carbocycles. The van der Waals surface area contributed by atoms with Gasteiger partial charge in [-0.25, -0.2) is 0 Å². The number of piperidine rings is 1. The van der Waals surface area contributed by atoms with Crippen molar-refractivity contribution in [2.45, 2.75) is 70.3 Å². The van der Waals surface area contributed by atoms with Crippen molar-refractivity contribution in [2.75, 3.05) is 13.1 Å². The van der Waals surface area contributed by atoms with Crippen LogP contribution in [-0.4, -0.2) is 29.8 Å². The van der Waals surface area contributed by atoms with Gasteiger partial charge in [0.15, 0.2) is 0 Å². The van der Waals surface area contributed by atoms with E-state index in [1.54, 1.807) is 0 Å². The Morgan fingerprint density at radius 3 is 1.88 bits per heavy atom. The van der Waals surface area contributed by atoms with Crippen molar-refractivity contribution in [3.63, 3.8) is 0 Å². The highest BCUT2D eigenvalue weighted by molar-refractivity contribution is 5.79. The van der Waals surface area contributed by atoms with Crippen molar-refractivity contribution in [3.05, 3.63) is 0 Å². The molecule has 0 aromatic carbocycles. The molecule has 0 bridgehead atoms. The molecule has 0 aromatic rings. The first-order valence-electron chi connectivity index (χ1n) is 7.12. The van der Waals surface area contributed by atoms with Gasteiger partial charge in [-0.1, -0.05) is 38.5 Å². The molecule has 2 fully saturated rings. The van der Waals surface area contributed by atoms with Crippen molar-refractivity contribution in [1.29, 1.82) is 0 Å². The van der Waals surface area contributed by atoms with Crippen LogP contribution >= 0.6 is 0 Å². The number of hydrogen-bond donors (Lipinski definition) is 0. The van der Waals surface area contributed by atoms with E-state index in [2.05, 4.69) is 4.90 Å². The van der Waals surface area contributed by atoms with Crippen LogP contribution in [0.4, 0.5) is 0 Å². The summed E-state index contributed by atoms with van der Waals surface area (Å²) in [6.45, 7) is 2.06. The lowest BCUT2D eigenvalue weighted by Crippen LogP contribution is -2.41. The second kappa shape index (κ2) is 6.39. The molecule has 0 spiro atoms. The monoisotopic (exact) mass is 223 g/mol. The van der Waals surface area contributed by atoms with Crippen LogP contribution in [0.3, 0.4) is 0 Å². The Morgan fingerprint density at radius 1 is 0.812 bits per heavy atom. The Morgan fingerprint density at radius 2 is 1.31 bits per heavy atom. The molecule has 0 unspecified atom stereocenters. The quantitative estimate of drug-likeness (QED) is 0.680. The molecule has 1 saturated heterocycles. The summed E-state index contributed by atoms with van der Waals surface area (Å²) < 4.78 is 0. The number of hydrogen-bond acceptors (Lipinski definition) is 2. The van der Waals surface area contributed by atoms with Gasteiger partial charge in [0, 0.05) is 32.0 Å². The maximum atomic E-state index is 11.2. The summed E-state index contributed by atoms with van der Waals surface area (Å²) in [6, 6.07) is 0.784. The van der Waals surface area contributed by atoms with E-state index in [0.717, 1.165) is 32.0 Å². The van der Waals surface area contributed by atoms with E-state index >= 15 is 0 Å². The standard InChI is InChI=1S/C14H25NO/c16-14-9-11-15(12-10-14)13-7-5-3-1-2-4-6-8-13/h13H,1-12H2. The van der Waals surface area contributed by atoms with Crippen molar-refractivity contribution in [2.24, 2.45) is 0 Å². The molecule has 1 aliphatic heterocycles. The van der Waals surface area contributed by atoms with E-state index in [4.69, 9.17) is 0 Å². The van der Waals surface area contributed by atoms with Gasteiger partial charge in [-0.05, 0) is 12.8 Å². The summed E-state index contributed by atoms with van der Waals surface area (Å²) in [7, 11) is 0. The first kappa shape index (κ1) is 12.1. The first-order chi connectivity index (χ1) is 7.86. The van der Waals surface area contributed by atoms with Crippen LogP contribution in [0, 0.1) is 0 Å². The van der Waals surface area contributed by atoms with Crippen LogP contribution in [0.5, 0.6) is 0 Å². The first-order valence-corrected chi connectivity index (χ1v) is 7.12. The lowest BCUT2D eigenvalue weighted by Gasteiger charge is -2.34. The van der Waals surface area contributed by atoms with Crippen molar-refractivity contribution < 1.29 is 4.79 Å². The van der Waals surface area contributed by atoms with Crippen LogP contribution in [0.15, 0.2) is 0 Å². The molecule has 0 radical (unpaired) electrons. The van der Waals surface area contributed by atoms with Crippen LogP contribution in [0.2, 0.25) is 0 Å². The average molecular weight is 223 g/mol. The summed E-state index contributed by atoms with van der Waals surface area (Å²) in [6.07, 6.45) is 12.8.